The molecule has 0 unspecified atom stereocenters. The molecule has 5 nitrogen and oxygen atoms in total. The lowest BCUT2D eigenvalue weighted by atomic mass is 10.1. The summed E-state index contributed by atoms with van der Waals surface area (Å²) >= 11 is 0. The fourth-order valence-electron chi connectivity index (χ4n) is 2.51. The predicted molar refractivity (Wildman–Crippen MR) is 92.1 cm³/mol. The van der Waals surface area contributed by atoms with Gasteiger partial charge in [-0.2, -0.15) is 0 Å². The standard InChI is InChI=1S/C18H18FN3O2/c1-22-17(23)15-8-5-13(19)11-16(15)21-18(22)20-10-9-12-3-6-14(24-2)7-4-12/h3-8,11H,9-10H2,1-2H3,(H,20,21). The second-order valence-electron chi connectivity index (χ2n) is 5.49. The maximum absolute atomic E-state index is 13.4. The van der Waals surface area contributed by atoms with E-state index in [1.54, 1.807) is 14.2 Å². The Hall–Kier alpha value is -2.89. The molecule has 0 aliphatic rings. The van der Waals surface area contributed by atoms with Crippen LogP contribution in [0.4, 0.5) is 10.3 Å². The number of ether oxygens (including phenoxy) is 1. The minimum absolute atomic E-state index is 0.202. The lowest BCUT2D eigenvalue weighted by Crippen LogP contribution is -2.23. The van der Waals surface area contributed by atoms with E-state index in [1.807, 2.05) is 24.3 Å². The van der Waals surface area contributed by atoms with Crippen molar-refractivity contribution in [2.24, 2.45) is 7.05 Å². The van der Waals surface area contributed by atoms with Crippen molar-refractivity contribution in [1.82, 2.24) is 9.55 Å². The minimum atomic E-state index is -0.410. The Labute approximate surface area is 138 Å². The average Bonchev–Trinajstić information content (AvgIpc) is 2.59. The molecular formula is C18H18FN3O2. The van der Waals surface area contributed by atoms with E-state index in [4.69, 9.17) is 4.74 Å². The van der Waals surface area contributed by atoms with Crippen molar-refractivity contribution >= 4 is 16.9 Å². The number of aromatic nitrogens is 2. The number of benzene rings is 2. The van der Waals surface area contributed by atoms with Gasteiger partial charge < -0.3 is 10.1 Å². The number of rotatable bonds is 5. The van der Waals surface area contributed by atoms with Gasteiger partial charge in [0.1, 0.15) is 11.6 Å². The summed E-state index contributed by atoms with van der Waals surface area (Å²) in [5.41, 5.74) is 1.29. The number of halogens is 1. The van der Waals surface area contributed by atoms with Gasteiger partial charge in [-0.05, 0) is 36.2 Å². The van der Waals surface area contributed by atoms with Crippen molar-refractivity contribution < 1.29 is 9.13 Å². The molecular weight excluding hydrogens is 309 g/mol. The van der Waals surface area contributed by atoms with Crippen LogP contribution in [0.25, 0.3) is 10.9 Å². The zero-order valence-corrected chi connectivity index (χ0v) is 13.5. The van der Waals surface area contributed by atoms with Crippen molar-refractivity contribution in [3.05, 3.63) is 64.2 Å². The highest BCUT2D eigenvalue weighted by atomic mass is 19.1. The molecule has 0 spiro atoms. The van der Waals surface area contributed by atoms with Crippen molar-refractivity contribution in [3.8, 4) is 5.75 Å². The van der Waals surface area contributed by atoms with Crippen LogP contribution in [0.15, 0.2) is 47.3 Å². The molecule has 3 aromatic rings. The van der Waals surface area contributed by atoms with E-state index in [2.05, 4.69) is 10.3 Å². The quantitative estimate of drug-likeness (QED) is 0.783. The first-order valence-electron chi connectivity index (χ1n) is 7.61. The molecule has 0 atom stereocenters. The van der Waals surface area contributed by atoms with Gasteiger partial charge >= 0.3 is 0 Å². The lowest BCUT2D eigenvalue weighted by Gasteiger charge is -2.11. The molecule has 124 valence electrons. The molecule has 0 amide bonds. The Balaban J connectivity index is 1.77. The smallest absolute Gasteiger partial charge is 0.262 e. The van der Waals surface area contributed by atoms with Gasteiger partial charge in [0.15, 0.2) is 0 Å². The summed E-state index contributed by atoms with van der Waals surface area (Å²) in [7, 11) is 3.28. The van der Waals surface area contributed by atoms with Gasteiger partial charge in [0.25, 0.3) is 5.56 Å². The highest BCUT2D eigenvalue weighted by Gasteiger charge is 2.08. The molecule has 1 aromatic heterocycles. The van der Waals surface area contributed by atoms with Crippen LogP contribution in [-0.4, -0.2) is 23.2 Å². The third-order valence-electron chi connectivity index (χ3n) is 3.89. The van der Waals surface area contributed by atoms with E-state index < -0.39 is 5.82 Å². The zero-order chi connectivity index (χ0) is 17.1. The average molecular weight is 327 g/mol. The SMILES string of the molecule is COc1ccc(CCNc2nc3cc(F)ccc3c(=O)n2C)cc1. The number of nitrogens with one attached hydrogen (secondary N) is 1. The molecule has 1 N–H and O–H groups in total. The molecule has 1 heterocycles. The maximum Gasteiger partial charge on any atom is 0.262 e. The van der Waals surface area contributed by atoms with E-state index in [0.717, 1.165) is 17.7 Å². The molecule has 6 heteroatoms. The van der Waals surface area contributed by atoms with Crippen LogP contribution in [-0.2, 0) is 13.5 Å². The van der Waals surface area contributed by atoms with Crippen LogP contribution in [0.2, 0.25) is 0 Å². The highest BCUT2D eigenvalue weighted by Crippen LogP contribution is 2.14. The summed E-state index contributed by atoms with van der Waals surface area (Å²) < 4.78 is 19.9. The molecule has 0 saturated heterocycles. The van der Waals surface area contributed by atoms with Crippen molar-refractivity contribution in [1.29, 1.82) is 0 Å². The summed E-state index contributed by atoms with van der Waals surface area (Å²) in [5.74, 6) is 0.825. The Morgan fingerprint density at radius 2 is 1.96 bits per heavy atom. The summed E-state index contributed by atoms with van der Waals surface area (Å²) in [6.45, 7) is 0.605. The van der Waals surface area contributed by atoms with E-state index >= 15 is 0 Å². The van der Waals surface area contributed by atoms with E-state index in [1.165, 1.54) is 22.8 Å². The van der Waals surface area contributed by atoms with Crippen LogP contribution in [0, 0.1) is 5.82 Å². The second kappa shape index (κ2) is 6.70. The topological polar surface area (TPSA) is 56.1 Å². The van der Waals surface area contributed by atoms with Crippen LogP contribution in [0.1, 0.15) is 5.56 Å². The number of hydrogen-bond acceptors (Lipinski definition) is 4. The van der Waals surface area contributed by atoms with Crippen molar-refractivity contribution in [2.75, 3.05) is 19.0 Å². The molecule has 0 radical (unpaired) electrons. The predicted octanol–water partition coefficient (Wildman–Crippen LogP) is 2.74. The normalized spacial score (nSPS) is 10.8. The van der Waals surface area contributed by atoms with Gasteiger partial charge in [0.2, 0.25) is 5.95 Å². The Morgan fingerprint density at radius 1 is 1.21 bits per heavy atom. The van der Waals surface area contributed by atoms with Gasteiger partial charge in [-0.15, -0.1) is 0 Å². The Morgan fingerprint density at radius 3 is 2.67 bits per heavy atom. The van der Waals surface area contributed by atoms with E-state index in [9.17, 15) is 9.18 Å². The van der Waals surface area contributed by atoms with Gasteiger partial charge in [-0.25, -0.2) is 9.37 Å². The van der Waals surface area contributed by atoms with E-state index in [-0.39, 0.29) is 5.56 Å². The molecule has 24 heavy (non-hydrogen) atoms. The van der Waals surface area contributed by atoms with Crippen LogP contribution >= 0.6 is 0 Å². The van der Waals surface area contributed by atoms with Gasteiger partial charge in [-0.1, -0.05) is 12.1 Å². The summed E-state index contributed by atoms with van der Waals surface area (Å²) in [5, 5.41) is 3.54. The fourth-order valence-corrected chi connectivity index (χ4v) is 2.51. The molecule has 3 rings (SSSR count). The number of methoxy groups -OCH3 is 1. The first-order valence-corrected chi connectivity index (χ1v) is 7.61. The second-order valence-corrected chi connectivity index (χ2v) is 5.49. The first-order chi connectivity index (χ1) is 11.6. The largest absolute Gasteiger partial charge is 0.497 e. The first kappa shape index (κ1) is 16.0. The zero-order valence-electron chi connectivity index (χ0n) is 13.5. The molecule has 2 aromatic carbocycles. The maximum atomic E-state index is 13.4. The molecule has 0 fully saturated rings. The van der Waals surface area contributed by atoms with E-state index in [0.29, 0.717) is 23.4 Å². The number of anilines is 1. The van der Waals surface area contributed by atoms with Gasteiger partial charge in [0.05, 0.1) is 18.0 Å². The minimum Gasteiger partial charge on any atom is -0.497 e. The number of nitrogens with zero attached hydrogens (tertiary/aromatic N) is 2. The number of fused-ring (bicyclic) bond motifs is 1. The lowest BCUT2D eigenvalue weighted by molar-refractivity contribution is 0.414. The summed E-state index contributed by atoms with van der Waals surface area (Å²) in [6, 6.07) is 11.8. The van der Waals surface area contributed by atoms with Gasteiger partial charge in [0, 0.05) is 19.7 Å². The third-order valence-corrected chi connectivity index (χ3v) is 3.89. The van der Waals surface area contributed by atoms with Crippen LogP contribution in [0.5, 0.6) is 5.75 Å². The molecule has 0 aliphatic heterocycles. The molecule has 0 saturated carbocycles. The highest BCUT2D eigenvalue weighted by molar-refractivity contribution is 5.78. The van der Waals surface area contributed by atoms with Gasteiger partial charge in [-0.3, -0.25) is 9.36 Å². The summed E-state index contributed by atoms with van der Waals surface area (Å²) in [4.78, 5) is 16.7. The Bertz CT molecular complexity index is 920. The fraction of sp³-hybridized carbons (Fsp3) is 0.222. The van der Waals surface area contributed by atoms with Crippen molar-refractivity contribution in [2.45, 2.75) is 6.42 Å². The number of hydrogen-bond donors (Lipinski definition) is 1. The van der Waals surface area contributed by atoms with Crippen LogP contribution in [0.3, 0.4) is 0 Å². The molecule has 0 bridgehead atoms. The van der Waals surface area contributed by atoms with Crippen LogP contribution < -0.4 is 15.6 Å². The monoisotopic (exact) mass is 327 g/mol. The molecule has 0 aliphatic carbocycles. The third kappa shape index (κ3) is 3.22. The summed E-state index contributed by atoms with van der Waals surface area (Å²) in [6.07, 6.45) is 0.765. The Kier molecular flexibility index (Phi) is 4.46. The van der Waals surface area contributed by atoms with Crippen molar-refractivity contribution in [3.63, 3.8) is 0 Å².